The van der Waals surface area contributed by atoms with Gasteiger partial charge in [0.25, 0.3) is 0 Å². The van der Waals surface area contributed by atoms with Crippen molar-refractivity contribution in [1.29, 1.82) is 0 Å². The summed E-state index contributed by atoms with van der Waals surface area (Å²) in [5.41, 5.74) is 1.90. The molecule has 1 heterocycles. The summed E-state index contributed by atoms with van der Waals surface area (Å²) in [5, 5.41) is 2.72. The maximum Gasteiger partial charge on any atom is 0.237 e. The number of ether oxygens (including phenoxy) is 2. The molecule has 22 heavy (non-hydrogen) atoms. The second-order valence-corrected chi connectivity index (χ2v) is 6.55. The van der Waals surface area contributed by atoms with Crippen LogP contribution in [0.3, 0.4) is 0 Å². The van der Waals surface area contributed by atoms with Crippen LogP contribution in [0.1, 0.15) is 12.5 Å². The van der Waals surface area contributed by atoms with Crippen LogP contribution in [0.2, 0.25) is 0 Å². The van der Waals surface area contributed by atoms with Gasteiger partial charge in [-0.25, -0.2) is 0 Å². The van der Waals surface area contributed by atoms with Gasteiger partial charge in [0.2, 0.25) is 12.7 Å². The fraction of sp³-hybridized carbons (Fsp3) is 0.235. The van der Waals surface area contributed by atoms with Crippen molar-refractivity contribution in [2.75, 3.05) is 12.1 Å². The number of carbonyl (C=O) groups is 1. The van der Waals surface area contributed by atoms with Crippen LogP contribution < -0.4 is 14.8 Å². The minimum atomic E-state index is -0.188. The third kappa shape index (κ3) is 3.36. The normalized spacial score (nSPS) is 13.7. The first-order chi connectivity index (χ1) is 10.6. The summed E-state index contributed by atoms with van der Waals surface area (Å²) >= 11 is 1.54. The lowest BCUT2D eigenvalue weighted by molar-refractivity contribution is -0.115. The van der Waals surface area contributed by atoms with Gasteiger partial charge in [0.15, 0.2) is 11.5 Å². The molecule has 0 bridgehead atoms. The average Bonchev–Trinajstić information content (AvgIpc) is 2.94. The molecule has 0 aliphatic carbocycles. The predicted octanol–water partition coefficient (Wildman–Crippen LogP) is 3.84. The molecule has 0 saturated heterocycles. The van der Waals surface area contributed by atoms with Gasteiger partial charge in [0, 0.05) is 16.6 Å². The fourth-order valence-electron chi connectivity index (χ4n) is 2.16. The van der Waals surface area contributed by atoms with Gasteiger partial charge in [-0.15, -0.1) is 11.8 Å². The number of hydrogen-bond acceptors (Lipinski definition) is 4. The molecule has 3 rings (SSSR count). The number of thioether (sulfide) groups is 1. The highest BCUT2D eigenvalue weighted by molar-refractivity contribution is 8.00. The van der Waals surface area contributed by atoms with E-state index in [0.717, 1.165) is 4.90 Å². The maximum absolute atomic E-state index is 12.3. The van der Waals surface area contributed by atoms with Gasteiger partial charge in [-0.1, -0.05) is 17.7 Å². The number of nitrogens with one attached hydrogen (secondary N) is 1. The molecule has 0 fully saturated rings. The number of carbonyl (C=O) groups excluding carboxylic acids is 1. The van der Waals surface area contributed by atoms with E-state index in [1.807, 2.05) is 38.1 Å². The number of benzene rings is 2. The van der Waals surface area contributed by atoms with Gasteiger partial charge in [-0.2, -0.15) is 0 Å². The van der Waals surface area contributed by atoms with Gasteiger partial charge in [-0.3, -0.25) is 4.79 Å². The zero-order chi connectivity index (χ0) is 15.5. The Morgan fingerprint density at radius 1 is 1.18 bits per heavy atom. The van der Waals surface area contributed by atoms with Crippen molar-refractivity contribution in [1.82, 2.24) is 0 Å². The summed E-state index contributed by atoms with van der Waals surface area (Å²) in [7, 11) is 0. The second kappa shape index (κ2) is 6.32. The quantitative estimate of drug-likeness (QED) is 0.871. The van der Waals surface area contributed by atoms with Crippen LogP contribution in [0.15, 0.2) is 47.4 Å². The lowest BCUT2D eigenvalue weighted by atomic mass is 10.2. The van der Waals surface area contributed by atoms with Crippen LogP contribution in [0.4, 0.5) is 5.69 Å². The minimum Gasteiger partial charge on any atom is -0.454 e. The van der Waals surface area contributed by atoms with Crippen molar-refractivity contribution in [3.8, 4) is 11.5 Å². The SMILES string of the molecule is Cc1cccc(SC(C)C(=O)Nc2ccc3c(c2)OCO3)c1. The summed E-state index contributed by atoms with van der Waals surface area (Å²) in [6.07, 6.45) is 0. The lowest BCUT2D eigenvalue weighted by Gasteiger charge is -2.12. The smallest absolute Gasteiger partial charge is 0.237 e. The van der Waals surface area contributed by atoms with Gasteiger partial charge in [-0.05, 0) is 38.1 Å². The van der Waals surface area contributed by atoms with Crippen LogP contribution in [-0.4, -0.2) is 18.0 Å². The third-order valence-electron chi connectivity index (χ3n) is 3.31. The molecule has 1 aliphatic rings. The molecule has 2 aromatic carbocycles. The molecule has 0 radical (unpaired) electrons. The number of rotatable bonds is 4. The number of aryl methyl sites for hydroxylation is 1. The van der Waals surface area contributed by atoms with E-state index in [9.17, 15) is 4.79 Å². The number of amides is 1. The average molecular weight is 315 g/mol. The molecule has 5 heteroatoms. The van der Waals surface area contributed by atoms with E-state index in [4.69, 9.17) is 9.47 Å². The first-order valence-corrected chi connectivity index (χ1v) is 7.93. The molecular formula is C17H17NO3S. The van der Waals surface area contributed by atoms with Gasteiger partial charge < -0.3 is 14.8 Å². The van der Waals surface area contributed by atoms with Crippen molar-refractivity contribution in [2.24, 2.45) is 0 Å². The van der Waals surface area contributed by atoms with Gasteiger partial charge in [0.1, 0.15) is 0 Å². The Kier molecular flexibility index (Phi) is 4.24. The van der Waals surface area contributed by atoms with Crippen LogP contribution in [0.5, 0.6) is 11.5 Å². The molecule has 0 aromatic heterocycles. The Hall–Kier alpha value is -2.14. The third-order valence-corrected chi connectivity index (χ3v) is 4.41. The van der Waals surface area contributed by atoms with Crippen LogP contribution in [0, 0.1) is 6.92 Å². The van der Waals surface area contributed by atoms with E-state index >= 15 is 0 Å². The molecule has 2 aromatic rings. The highest BCUT2D eigenvalue weighted by Gasteiger charge is 2.17. The Labute approximate surface area is 133 Å². The molecule has 1 amide bonds. The van der Waals surface area contributed by atoms with E-state index < -0.39 is 0 Å². The van der Waals surface area contributed by atoms with E-state index in [1.54, 1.807) is 23.9 Å². The van der Waals surface area contributed by atoms with Crippen LogP contribution in [0.25, 0.3) is 0 Å². The molecular weight excluding hydrogens is 298 g/mol. The van der Waals surface area contributed by atoms with E-state index in [-0.39, 0.29) is 18.0 Å². The summed E-state index contributed by atoms with van der Waals surface area (Å²) in [5.74, 6) is 1.34. The van der Waals surface area contributed by atoms with Crippen LogP contribution >= 0.6 is 11.8 Å². The zero-order valence-corrected chi connectivity index (χ0v) is 13.3. The largest absolute Gasteiger partial charge is 0.454 e. The fourth-order valence-corrected chi connectivity index (χ4v) is 3.15. The molecule has 4 nitrogen and oxygen atoms in total. The molecule has 1 atom stereocenters. The summed E-state index contributed by atoms with van der Waals surface area (Å²) in [4.78, 5) is 13.4. The van der Waals surface area contributed by atoms with Crippen molar-refractivity contribution >= 4 is 23.4 Å². The number of anilines is 1. The Morgan fingerprint density at radius 2 is 2.00 bits per heavy atom. The highest BCUT2D eigenvalue weighted by Crippen LogP contribution is 2.34. The van der Waals surface area contributed by atoms with Crippen molar-refractivity contribution in [3.05, 3.63) is 48.0 Å². The maximum atomic E-state index is 12.3. The lowest BCUT2D eigenvalue weighted by Crippen LogP contribution is -2.22. The van der Waals surface area contributed by atoms with E-state index in [2.05, 4.69) is 11.4 Å². The topological polar surface area (TPSA) is 47.6 Å². The summed E-state index contributed by atoms with van der Waals surface area (Å²) in [6.45, 7) is 4.17. The Bertz CT molecular complexity index is 702. The predicted molar refractivity (Wildman–Crippen MR) is 87.7 cm³/mol. The van der Waals surface area contributed by atoms with Crippen molar-refractivity contribution < 1.29 is 14.3 Å². The van der Waals surface area contributed by atoms with Crippen molar-refractivity contribution in [2.45, 2.75) is 24.0 Å². The second-order valence-electron chi connectivity index (χ2n) is 5.13. The molecule has 1 N–H and O–H groups in total. The molecule has 0 spiro atoms. The zero-order valence-electron chi connectivity index (χ0n) is 12.5. The molecule has 114 valence electrons. The molecule has 0 saturated carbocycles. The molecule has 1 aliphatic heterocycles. The first kappa shape index (κ1) is 14.8. The van der Waals surface area contributed by atoms with Gasteiger partial charge >= 0.3 is 0 Å². The minimum absolute atomic E-state index is 0.0367. The van der Waals surface area contributed by atoms with Crippen LogP contribution in [-0.2, 0) is 4.79 Å². The Balaban J connectivity index is 1.64. The first-order valence-electron chi connectivity index (χ1n) is 7.05. The number of fused-ring (bicyclic) bond motifs is 1. The van der Waals surface area contributed by atoms with Gasteiger partial charge in [0.05, 0.1) is 5.25 Å². The molecule has 1 unspecified atom stereocenters. The highest BCUT2D eigenvalue weighted by atomic mass is 32.2. The monoisotopic (exact) mass is 315 g/mol. The Morgan fingerprint density at radius 3 is 2.82 bits per heavy atom. The standard InChI is InChI=1S/C17H17NO3S/c1-11-4-3-5-14(8-11)22-12(2)17(19)18-13-6-7-15-16(9-13)21-10-20-15/h3-9,12H,10H2,1-2H3,(H,18,19). The summed E-state index contributed by atoms with van der Waals surface area (Å²) in [6, 6.07) is 13.5. The van der Waals surface area contributed by atoms with Crippen molar-refractivity contribution in [3.63, 3.8) is 0 Å². The van der Waals surface area contributed by atoms with E-state index in [1.165, 1.54) is 5.56 Å². The van der Waals surface area contributed by atoms with E-state index in [0.29, 0.717) is 17.2 Å². The number of hydrogen-bond donors (Lipinski definition) is 1. The summed E-state index contributed by atoms with van der Waals surface area (Å²) < 4.78 is 10.6.